The topological polar surface area (TPSA) is 35.2 Å². The lowest BCUT2D eigenvalue weighted by molar-refractivity contribution is 0.304. The number of rotatable bonds is 4. The molecule has 0 bridgehead atoms. The quantitative estimate of drug-likeness (QED) is 0.873. The van der Waals surface area contributed by atoms with Gasteiger partial charge in [-0.2, -0.15) is 0 Å². The molecule has 2 aromatic carbocycles. The number of thiocarbonyl (C=S) groups is 1. The molecule has 2 nitrogen and oxygen atoms in total. The molecule has 20 heavy (non-hydrogen) atoms. The van der Waals surface area contributed by atoms with E-state index in [0.717, 1.165) is 16.7 Å². The fourth-order valence-electron chi connectivity index (χ4n) is 1.88. The van der Waals surface area contributed by atoms with E-state index >= 15 is 0 Å². The summed E-state index contributed by atoms with van der Waals surface area (Å²) >= 11 is 4.94. The maximum Gasteiger partial charge on any atom is 0.126 e. The van der Waals surface area contributed by atoms with Gasteiger partial charge in [-0.1, -0.05) is 24.4 Å². The summed E-state index contributed by atoms with van der Waals surface area (Å²) in [5.41, 5.74) is 9.12. The van der Waals surface area contributed by atoms with Crippen molar-refractivity contribution in [2.45, 2.75) is 20.5 Å². The van der Waals surface area contributed by atoms with E-state index in [4.69, 9.17) is 22.7 Å². The number of ether oxygens (including phenoxy) is 1. The first-order chi connectivity index (χ1) is 9.47. The molecule has 0 fully saturated rings. The first kappa shape index (κ1) is 14.5. The number of halogens is 1. The molecule has 0 heterocycles. The minimum atomic E-state index is -0.227. The van der Waals surface area contributed by atoms with E-state index in [0.29, 0.717) is 22.9 Å². The van der Waals surface area contributed by atoms with Crippen LogP contribution in [0.1, 0.15) is 22.3 Å². The summed E-state index contributed by atoms with van der Waals surface area (Å²) in [5, 5.41) is 0. The van der Waals surface area contributed by atoms with Crippen LogP contribution in [0.25, 0.3) is 0 Å². The van der Waals surface area contributed by atoms with Crippen LogP contribution in [0, 0.1) is 19.7 Å². The molecular formula is C16H16FNOS. The predicted octanol–water partition coefficient (Wildman–Crippen LogP) is 3.66. The molecule has 0 aliphatic rings. The van der Waals surface area contributed by atoms with E-state index in [1.54, 1.807) is 19.1 Å². The molecule has 2 rings (SSSR count). The second-order valence-electron chi connectivity index (χ2n) is 4.71. The SMILES string of the molecule is Cc1cc(OCc2ccc(C(N)=S)cc2C)ccc1F. The third-order valence-corrected chi connectivity index (χ3v) is 3.39. The van der Waals surface area contributed by atoms with Crippen molar-refractivity contribution in [3.05, 3.63) is 64.5 Å². The van der Waals surface area contributed by atoms with Crippen molar-refractivity contribution in [1.82, 2.24) is 0 Å². The zero-order chi connectivity index (χ0) is 14.7. The van der Waals surface area contributed by atoms with Gasteiger partial charge in [-0.25, -0.2) is 4.39 Å². The summed E-state index contributed by atoms with van der Waals surface area (Å²) in [6.45, 7) is 4.12. The highest BCUT2D eigenvalue weighted by molar-refractivity contribution is 7.80. The molecule has 4 heteroatoms. The Labute approximate surface area is 123 Å². The zero-order valence-electron chi connectivity index (χ0n) is 11.4. The minimum absolute atomic E-state index is 0.227. The van der Waals surface area contributed by atoms with Gasteiger partial charge in [0.1, 0.15) is 23.2 Å². The van der Waals surface area contributed by atoms with Crippen LogP contribution in [0.15, 0.2) is 36.4 Å². The first-order valence-electron chi connectivity index (χ1n) is 6.25. The molecule has 0 atom stereocenters. The average molecular weight is 289 g/mol. The number of benzene rings is 2. The van der Waals surface area contributed by atoms with Crippen LogP contribution in [0.4, 0.5) is 4.39 Å². The second-order valence-corrected chi connectivity index (χ2v) is 5.15. The van der Waals surface area contributed by atoms with Crippen LogP contribution in [0.3, 0.4) is 0 Å². The van der Waals surface area contributed by atoms with Gasteiger partial charge in [0.15, 0.2) is 0 Å². The van der Waals surface area contributed by atoms with Gasteiger partial charge in [-0.3, -0.25) is 0 Å². The lowest BCUT2D eigenvalue weighted by Crippen LogP contribution is -2.10. The molecule has 2 N–H and O–H groups in total. The summed E-state index contributed by atoms with van der Waals surface area (Å²) in [5.74, 6) is 0.427. The Morgan fingerprint density at radius 2 is 1.90 bits per heavy atom. The zero-order valence-corrected chi connectivity index (χ0v) is 12.3. The summed E-state index contributed by atoms with van der Waals surface area (Å²) in [4.78, 5) is 0.384. The van der Waals surface area contributed by atoms with E-state index in [1.165, 1.54) is 6.07 Å². The van der Waals surface area contributed by atoms with E-state index < -0.39 is 0 Å². The Morgan fingerprint density at radius 3 is 2.50 bits per heavy atom. The van der Waals surface area contributed by atoms with Crippen molar-refractivity contribution < 1.29 is 9.13 Å². The maximum atomic E-state index is 13.2. The van der Waals surface area contributed by atoms with Crippen LogP contribution < -0.4 is 10.5 Å². The highest BCUT2D eigenvalue weighted by atomic mass is 32.1. The van der Waals surface area contributed by atoms with Crippen LogP contribution >= 0.6 is 12.2 Å². The van der Waals surface area contributed by atoms with E-state index in [2.05, 4.69) is 0 Å². The molecule has 0 saturated heterocycles. The van der Waals surface area contributed by atoms with Crippen molar-refractivity contribution in [2.75, 3.05) is 0 Å². The van der Waals surface area contributed by atoms with Crippen LogP contribution in [0.5, 0.6) is 5.75 Å². The third-order valence-electron chi connectivity index (χ3n) is 3.15. The normalized spacial score (nSPS) is 10.3. The number of hydrogen-bond donors (Lipinski definition) is 1. The van der Waals surface area contributed by atoms with Crippen molar-refractivity contribution in [3.63, 3.8) is 0 Å². The smallest absolute Gasteiger partial charge is 0.126 e. The number of hydrogen-bond acceptors (Lipinski definition) is 2. The first-order valence-corrected chi connectivity index (χ1v) is 6.66. The Morgan fingerprint density at radius 1 is 1.15 bits per heavy atom. The van der Waals surface area contributed by atoms with Crippen molar-refractivity contribution >= 4 is 17.2 Å². The van der Waals surface area contributed by atoms with Gasteiger partial charge >= 0.3 is 0 Å². The van der Waals surface area contributed by atoms with Crippen molar-refractivity contribution in [1.29, 1.82) is 0 Å². The Bertz CT molecular complexity index is 655. The molecule has 2 aromatic rings. The number of aryl methyl sites for hydroxylation is 2. The third kappa shape index (κ3) is 3.33. The van der Waals surface area contributed by atoms with Crippen LogP contribution in [-0.4, -0.2) is 4.99 Å². The highest BCUT2D eigenvalue weighted by Gasteiger charge is 2.04. The maximum absolute atomic E-state index is 13.2. The molecule has 0 aromatic heterocycles. The molecule has 0 spiro atoms. The van der Waals surface area contributed by atoms with Gasteiger partial charge in [0.25, 0.3) is 0 Å². The van der Waals surface area contributed by atoms with Gasteiger partial charge in [-0.15, -0.1) is 0 Å². The standard InChI is InChI=1S/C16H16FNOS/c1-10-7-12(16(18)20)3-4-13(10)9-19-14-5-6-15(17)11(2)8-14/h3-8H,9H2,1-2H3,(H2,18,20). The minimum Gasteiger partial charge on any atom is -0.489 e. The van der Waals surface area contributed by atoms with Crippen LogP contribution in [-0.2, 0) is 6.61 Å². The molecule has 0 aliphatic heterocycles. The molecule has 104 valence electrons. The summed E-state index contributed by atoms with van der Waals surface area (Å²) < 4.78 is 18.8. The summed E-state index contributed by atoms with van der Waals surface area (Å²) in [6, 6.07) is 10.5. The Hall–Kier alpha value is -1.94. The van der Waals surface area contributed by atoms with Crippen LogP contribution in [0.2, 0.25) is 0 Å². The molecule has 0 amide bonds. The van der Waals surface area contributed by atoms with Gasteiger partial charge in [0.2, 0.25) is 0 Å². The molecule has 0 saturated carbocycles. The van der Waals surface area contributed by atoms with Gasteiger partial charge < -0.3 is 10.5 Å². The second kappa shape index (κ2) is 6.01. The predicted molar refractivity (Wildman–Crippen MR) is 82.5 cm³/mol. The van der Waals surface area contributed by atoms with Gasteiger partial charge in [-0.05, 0) is 54.8 Å². The van der Waals surface area contributed by atoms with Crippen molar-refractivity contribution in [3.8, 4) is 5.75 Å². The monoisotopic (exact) mass is 289 g/mol. The van der Waals surface area contributed by atoms with Gasteiger partial charge in [0.05, 0.1) is 0 Å². The molecule has 0 aliphatic carbocycles. The average Bonchev–Trinajstić information content (AvgIpc) is 2.41. The fourth-order valence-corrected chi connectivity index (χ4v) is 2.01. The molecule has 0 unspecified atom stereocenters. The van der Waals surface area contributed by atoms with Crippen molar-refractivity contribution in [2.24, 2.45) is 5.73 Å². The summed E-state index contributed by atoms with van der Waals surface area (Å²) in [7, 11) is 0. The van der Waals surface area contributed by atoms with E-state index in [-0.39, 0.29) is 5.82 Å². The Kier molecular flexibility index (Phi) is 4.35. The lowest BCUT2D eigenvalue weighted by atomic mass is 10.1. The largest absolute Gasteiger partial charge is 0.489 e. The summed E-state index contributed by atoms with van der Waals surface area (Å²) in [6.07, 6.45) is 0. The number of nitrogens with two attached hydrogens (primary N) is 1. The molecule has 0 radical (unpaired) electrons. The fraction of sp³-hybridized carbons (Fsp3) is 0.188. The van der Waals surface area contributed by atoms with E-state index in [9.17, 15) is 4.39 Å². The van der Waals surface area contributed by atoms with E-state index in [1.807, 2.05) is 25.1 Å². The molecular weight excluding hydrogens is 273 g/mol. The Balaban J connectivity index is 2.10. The lowest BCUT2D eigenvalue weighted by Gasteiger charge is -2.10. The highest BCUT2D eigenvalue weighted by Crippen LogP contribution is 2.19. The van der Waals surface area contributed by atoms with Gasteiger partial charge in [0, 0.05) is 5.56 Å².